The minimum Gasteiger partial charge on any atom is -0.478 e. The van der Waals surface area contributed by atoms with Crippen molar-refractivity contribution in [1.29, 1.82) is 0 Å². The molecule has 1 aromatic rings. The standard InChI is InChI=1S/C9H8F2O3/c1-5-2-3-6(8(12)13)4-7(5)14-9(10)11/h2-4,9H,1H3,(H,12,13). The molecule has 76 valence electrons. The lowest BCUT2D eigenvalue weighted by Gasteiger charge is -2.07. The summed E-state index contributed by atoms with van der Waals surface area (Å²) in [5.41, 5.74) is 0.390. The van der Waals surface area contributed by atoms with Crippen LogP contribution in [0.3, 0.4) is 0 Å². The number of halogens is 2. The Morgan fingerprint density at radius 1 is 1.50 bits per heavy atom. The number of hydrogen-bond donors (Lipinski definition) is 1. The Balaban J connectivity index is 3.02. The van der Waals surface area contributed by atoms with Crippen LogP contribution in [0.2, 0.25) is 0 Å². The zero-order chi connectivity index (χ0) is 10.7. The summed E-state index contributed by atoms with van der Waals surface area (Å²) in [6.45, 7) is -1.39. The summed E-state index contributed by atoms with van der Waals surface area (Å²) in [7, 11) is 0. The van der Waals surface area contributed by atoms with E-state index in [0.29, 0.717) is 5.56 Å². The third-order valence-corrected chi connectivity index (χ3v) is 1.65. The molecule has 0 radical (unpaired) electrons. The van der Waals surface area contributed by atoms with Crippen molar-refractivity contribution < 1.29 is 23.4 Å². The van der Waals surface area contributed by atoms with Crippen LogP contribution in [0.25, 0.3) is 0 Å². The molecule has 0 heterocycles. The van der Waals surface area contributed by atoms with Crippen LogP contribution >= 0.6 is 0 Å². The topological polar surface area (TPSA) is 46.5 Å². The SMILES string of the molecule is Cc1ccc(C(=O)O)cc1OC(F)F. The molecule has 5 heteroatoms. The zero-order valence-corrected chi connectivity index (χ0v) is 7.33. The van der Waals surface area contributed by atoms with Gasteiger partial charge in [-0.15, -0.1) is 0 Å². The minimum absolute atomic E-state index is 0.0775. The predicted molar refractivity (Wildman–Crippen MR) is 44.8 cm³/mol. The van der Waals surface area contributed by atoms with E-state index >= 15 is 0 Å². The van der Waals surface area contributed by atoms with E-state index in [2.05, 4.69) is 4.74 Å². The molecule has 0 bridgehead atoms. The average Bonchev–Trinajstić information content (AvgIpc) is 2.07. The number of carboxylic acids is 1. The number of carbonyl (C=O) groups is 1. The molecule has 0 aliphatic carbocycles. The van der Waals surface area contributed by atoms with Crippen molar-refractivity contribution in [1.82, 2.24) is 0 Å². The van der Waals surface area contributed by atoms with Crippen LogP contribution in [-0.4, -0.2) is 17.7 Å². The van der Waals surface area contributed by atoms with Crippen LogP contribution in [0.15, 0.2) is 18.2 Å². The van der Waals surface area contributed by atoms with Gasteiger partial charge in [-0.1, -0.05) is 6.07 Å². The lowest BCUT2D eigenvalue weighted by molar-refractivity contribution is -0.0503. The first-order valence-corrected chi connectivity index (χ1v) is 3.79. The fraction of sp³-hybridized carbons (Fsp3) is 0.222. The largest absolute Gasteiger partial charge is 0.478 e. The first-order chi connectivity index (χ1) is 6.50. The molecule has 0 aliphatic heterocycles. The van der Waals surface area contributed by atoms with E-state index in [0.717, 1.165) is 6.07 Å². The Labute approximate surface area is 78.9 Å². The van der Waals surface area contributed by atoms with Crippen LogP contribution in [0.4, 0.5) is 8.78 Å². The summed E-state index contributed by atoms with van der Waals surface area (Å²) >= 11 is 0. The second-order valence-electron chi connectivity index (χ2n) is 2.66. The molecule has 0 fully saturated rings. The van der Waals surface area contributed by atoms with Gasteiger partial charge < -0.3 is 9.84 Å². The smallest absolute Gasteiger partial charge is 0.387 e. The molecule has 1 aromatic carbocycles. The highest BCUT2D eigenvalue weighted by Gasteiger charge is 2.10. The molecule has 0 saturated carbocycles. The van der Waals surface area contributed by atoms with Crippen molar-refractivity contribution in [2.75, 3.05) is 0 Å². The van der Waals surface area contributed by atoms with Crippen LogP contribution < -0.4 is 4.74 Å². The predicted octanol–water partition coefficient (Wildman–Crippen LogP) is 2.29. The van der Waals surface area contributed by atoms with Gasteiger partial charge in [0.25, 0.3) is 0 Å². The molecule has 0 unspecified atom stereocenters. The molecule has 0 aliphatic rings. The molecule has 1 rings (SSSR count). The normalized spacial score (nSPS) is 10.3. The van der Waals surface area contributed by atoms with E-state index in [4.69, 9.17) is 5.11 Å². The van der Waals surface area contributed by atoms with Crippen LogP contribution in [0.1, 0.15) is 15.9 Å². The summed E-state index contributed by atoms with van der Waals surface area (Å²) < 4.78 is 27.9. The lowest BCUT2D eigenvalue weighted by atomic mass is 10.1. The van der Waals surface area contributed by atoms with Gasteiger partial charge >= 0.3 is 12.6 Å². The van der Waals surface area contributed by atoms with Crippen molar-refractivity contribution in [3.8, 4) is 5.75 Å². The maximum Gasteiger partial charge on any atom is 0.387 e. The number of carboxylic acid groups (broad SMARTS) is 1. The molecule has 14 heavy (non-hydrogen) atoms. The number of aryl methyl sites for hydroxylation is 1. The van der Waals surface area contributed by atoms with Gasteiger partial charge in [0, 0.05) is 0 Å². The summed E-state index contributed by atoms with van der Waals surface area (Å²) in [4.78, 5) is 10.5. The van der Waals surface area contributed by atoms with Crippen LogP contribution in [-0.2, 0) is 0 Å². The van der Waals surface area contributed by atoms with Crippen molar-refractivity contribution in [3.05, 3.63) is 29.3 Å². The summed E-state index contributed by atoms with van der Waals surface area (Å²) in [6, 6.07) is 3.82. The minimum atomic E-state index is -2.95. The third kappa shape index (κ3) is 2.42. The molecular weight excluding hydrogens is 194 g/mol. The average molecular weight is 202 g/mol. The van der Waals surface area contributed by atoms with Crippen molar-refractivity contribution in [2.24, 2.45) is 0 Å². The summed E-state index contributed by atoms with van der Waals surface area (Å²) in [6.07, 6.45) is 0. The van der Waals surface area contributed by atoms with Gasteiger partial charge in [-0.05, 0) is 24.6 Å². The lowest BCUT2D eigenvalue weighted by Crippen LogP contribution is -2.05. The second-order valence-corrected chi connectivity index (χ2v) is 2.66. The number of hydrogen-bond acceptors (Lipinski definition) is 2. The molecule has 0 atom stereocenters. The third-order valence-electron chi connectivity index (χ3n) is 1.65. The number of aromatic carboxylic acids is 1. The van der Waals surface area contributed by atoms with Crippen LogP contribution in [0.5, 0.6) is 5.75 Å². The summed E-state index contributed by atoms with van der Waals surface area (Å²) in [5, 5.41) is 8.59. The molecular formula is C9H8F2O3. The van der Waals surface area contributed by atoms with E-state index in [1.165, 1.54) is 12.1 Å². The maximum absolute atomic E-state index is 11.9. The van der Waals surface area contributed by atoms with E-state index in [-0.39, 0.29) is 11.3 Å². The van der Waals surface area contributed by atoms with E-state index in [1.54, 1.807) is 6.92 Å². The molecule has 0 spiro atoms. The molecule has 1 N–H and O–H groups in total. The van der Waals surface area contributed by atoms with E-state index < -0.39 is 12.6 Å². The van der Waals surface area contributed by atoms with Gasteiger partial charge in [-0.3, -0.25) is 0 Å². The number of rotatable bonds is 3. The highest BCUT2D eigenvalue weighted by molar-refractivity contribution is 5.88. The molecule has 0 aromatic heterocycles. The van der Waals surface area contributed by atoms with Crippen LogP contribution in [0, 0.1) is 6.92 Å². The fourth-order valence-electron chi connectivity index (χ4n) is 0.956. The first-order valence-electron chi connectivity index (χ1n) is 3.79. The number of benzene rings is 1. The van der Waals surface area contributed by atoms with Gasteiger partial charge in [0.1, 0.15) is 5.75 Å². The highest BCUT2D eigenvalue weighted by atomic mass is 19.3. The summed E-state index contributed by atoms with van der Waals surface area (Å²) in [5.74, 6) is -1.29. The van der Waals surface area contributed by atoms with Crippen molar-refractivity contribution >= 4 is 5.97 Å². The van der Waals surface area contributed by atoms with Gasteiger partial charge in [0.05, 0.1) is 5.56 Å². The number of alkyl halides is 2. The Hall–Kier alpha value is -1.65. The van der Waals surface area contributed by atoms with Gasteiger partial charge in [-0.2, -0.15) is 8.78 Å². The zero-order valence-electron chi connectivity index (χ0n) is 7.33. The van der Waals surface area contributed by atoms with Gasteiger partial charge in [0.2, 0.25) is 0 Å². The Morgan fingerprint density at radius 3 is 2.64 bits per heavy atom. The van der Waals surface area contributed by atoms with Gasteiger partial charge in [0.15, 0.2) is 0 Å². The fourth-order valence-corrected chi connectivity index (χ4v) is 0.956. The molecule has 0 saturated heterocycles. The van der Waals surface area contributed by atoms with E-state index in [1.807, 2.05) is 0 Å². The molecule has 0 amide bonds. The number of ether oxygens (including phenoxy) is 1. The second kappa shape index (κ2) is 4.04. The van der Waals surface area contributed by atoms with E-state index in [9.17, 15) is 13.6 Å². The Kier molecular flexibility index (Phi) is 3.01. The molecule has 3 nitrogen and oxygen atoms in total. The quantitative estimate of drug-likeness (QED) is 0.817. The van der Waals surface area contributed by atoms with Crippen molar-refractivity contribution in [2.45, 2.75) is 13.5 Å². The first kappa shape index (κ1) is 10.4. The Morgan fingerprint density at radius 2 is 2.14 bits per heavy atom. The van der Waals surface area contributed by atoms with Gasteiger partial charge in [-0.25, -0.2) is 4.79 Å². The van der Waals surface area contributed by atoms with Crippen molar-refractivity contribution in [3.63, 3.8) is 0 Å². The maximum atomic E-state index is 11.9. The highest BCUT2D eigenvalue weighted by Crippen LogP contribution is 2.21. The Bertz CT molecular complexity index is 350. The monoisotopic (exact) mass is 202 g/mol.